The molecule has 6 heteroatoms. The minimum Gasteiger partial charge on any atom is -0.364 e. The summed E-state index contributed by atoms with van der Waals surface area (Å²) in [6.45, 7) is 3.93. The molecule has 0 aliphatic rings. The number of hydrogen-bond acceptors (Lipinski definition) is 4. The van der Waals surface area contributed by atoms with E-state index in [2.05, 4.69) is 16.1 Å². The third-order valence-corrected chi connectivity index (χ3v) is 5.01. The van der Waals surface area contributed by atoms with Gasteiger partial charge in [0.1, 0.15) is 5.02 Å². The maximum absolute atomic E-state index is 12.6. The number of halogens is 1. The number of benzene rings is 1. The van der Waals surface area contributed by atoms with Crippen LogP contribution in [0, 0.1) is 0 Å². The molecule has 0 amide bonds. The van der Waals surface area contributed by atoms with Crippen molar-refractivity contribution in [2.45, 2.75) is 20.0 Å². The molecule has 0 fully saturated rings. The van der Waals surface area contributed by atoms with Crippen LogP contribution in [0.15, 0.2) is 58.8 Å². The fourth-order valence-electron chi connectivity index (χ4n) is 2.50. The Morgan fingerprint density at radius 2 is 2.00 bits per heavy atom. The predicted molar refractivity (Wildman–Crippen MR) is 100 cm³/mol. The van der Waals surface area contributed by atoms with E-state index in [-0.39, 0.29) is 10.6 Å². The van der Waals surface area contributed by atoms with Crippen molar-refractivity contribution < 1.29 is 0 Å². The van der Waals surface area contributed by atoms with Crippen molar-refractivity contribution in [1.82, 2.24) is 9.78 Å². The van der Waals surface area contributed by atoms with Gasteiger partial charge in [-0.1, -0.05) is 48.0 Å². The molecule has 0 bridgehead atoms. The summed E-state index contributed by atoms with van der Waals surface area (Å²) in [7, 11) is 0. The molecule has 3 aromatic rings. The van der Waals surface area contributed by atoms with E-state index in [0.29, 0.717) is 12.2 Å². The lowest BCUT2D eigenvalue weighted by Gasteiger charge is -2.23. The number of rotatable bonds is 6. The molecule has 0 aliphatic carbocycles. The highest BCUT2D eigenvalue weighted by Crippen LogP contribution is 2.24. The van der Waals surface area contributed by atoms with Crippen LogP contribution in [0.1, 0.15) is 17.4 Å². The van der Waals surface area contributed by atoms with Gasteiger partial charge in [-0.25, -0.2) is 4.68 Å². The molecule has 4 nitrogen and oxygen atoms in total. The molecule has 2 heterocycles. The van der Waals surface area contributed by atoms with Crippen molar-refractivity contribution in [3.05, 3.63) is 79.9 Å². The van der Waals surface area contributed by atoms with E-state index < -0.39 is 0 Å². The van der Waals surface area contributed by atoms with Gasteiger partial charge in [0.2, 0.25) is 0 Å². The van der Waals surface area contributed by atoms with Gasteiger partial charge in [-0.05, 0) is 23.9 Å². The van der Waals surface area contributed by atoms with Crippen molar-refractivity contribution in [3.8, 4) is 0 Å². The first-order valence-electron chi connectivity index (χ1n) is 7.76. The first kappa shape index (κ1) is 16.7. The Labute approximate surface area is 149 Å². The monoisotopic (exact) mass is 359 g/mol. The Balaban J connectivity index is 1.87. The summed E-state index contributed by atoms with van der Waals surface area (Å²) >= 11 is 8.05. The van der Waals surface area contributed by atoms with Gasteiger partial charge < -0.3 is 4.90 Å². The molecule has 0 saturated carbocycles. The summed E-state index contributed by atoms with van der Waals surface area (Å²) in [6.07, 6.45) is 1.68. The van der Waals surface area contributed by atoms with E-state index in [1.54, 1.807) is 17.5 Å². The summed E-state index contributed by atoms with van der Waals surface area (Å²) < 4.78 is 1.40. The standard InChI is InChI=1S/C18H18ClN3OS/c1-2-21(13-15-9-6-10-24-15)16-11-20-22(18(23)17(16)19)12-14-7-4-3-5-8-14/h3-11H,2,12-13H2,1H3. The van der Waals surface area contributed by atoms with E-state index in [4.69, 9.17) is 11.6 Å². The zero-order chi connectivity index (χ0) is 16.9. The molecule has 0 spiro atoms. The van der Waals surface area contributed by atoms with E-state index >= 15 is 0 Å². The van der Waals surface area contributed by atoms with Crippen LogP contribution in [0.4, 0.5) is 5.69 Å². The highest BCUT2D eigenvalue weighted by Gasteiger charge is 2.15. The largest absolute Gasteiger partial charge is 0.364 e. The average Bonchev–Trinajstić information content (AvgIpc) is 3.12. The Morgan fingerprint density at radius 1 is 1.21 bits per heavy atom. The lowest BCUT2D eigenvalue weighted by Crippen LogP contribution is -2.29. The van der Waals surface area contributed by atoms with Gasteiger partial charge in [-0.2, -0.15) is 5.10 Å². The van der Waals surface area contributed by atoms with Crippen LogP contribution in [0.5, 0.6) is 0 Å². The maximum atomic E-state index is 12.6. The average molecular weight is 360 g/mol. The van der Waals surface area contributed by atoms with Gasteiger partial charge in [0, 0.05) is 11.4 Å². The highest BCUT2D eigenvalue weighted by atomic mass is 35.5. The van der Waals surface area contributed by atoms with Crippen molar-refractivity contribution >= 4 is 28.6 Å². The minimum atomic E-state index is -0.261. The second-order valence-corrected chi connectivity index (χ2v) is 6.80. The number of aromatic nitrogens is 2. The lowest BCUT2D eigenvalue weighted by molar-refractivity contribution is 0.636. The second kappa shape index (κ2) is 7.64. The zero-order valence-corrected chi connectivity index (χ0v) is 14.9. The second-order valence-electron chi connectivity index (χ2n) is 5.39. The van der Waals surface area contributed by atoms with Crippen LogP contribution >= 0.6 is 22.9 Å². The number of anilines is 1. The SMILES string of the molecule is CCN(Cc1cccs1)c1cnn(Cc2ccccc2)c(=O)c1Cl. The quantitative estimate of drug-likeness (QED) is 0.666. The molecule has 0 unspecified atom stereocenters. The Kier molecular flexibility index (Phi) is 5.33. The van der Waals surface area contributed by atoms with Gasteiger partial charge in [-0.15, -0.1) is 11.3 Å². The molecular weight excluding hydrogens is 342 g/mol. The smallest absolute Gasteiger partial charge is 0.287 e. The molecule has 1 aromatic carbocycles. The summed E-state index contributed by atoms with van der Waals surface area (Å²) in [6, 6.07) is 13.8. The lowest BCUT2D eigenvalue weighted by atomic mass is 10.2. The Bertz CT molecular complexity index is 846. The molecule has 2 aromatic heterocycles. The molecule has 3 rings (SSSR count). The summed E-state index contributed by atoms with van der Waals surface area (Å²) in [5.74, 6) is 0. The van der Waals surface area contributed by atoms with Gasteiger partial charge in [0.25, 0.3) is 5.56 Å². The van der Waals surface area contributed by atoms with Gasteiger partial charge >= 0.3 is 0 Å². The zero-order valence-electron chi connectivity index (χ0n) is 13.4. The fourth-order valence-corrected chi connectivity index (χ4v) is 3.49. The third-order valence-electron chi connectivity index (χ3n) is 3.79. The summed E-state index contributed by atoms with van der Waals surface area (Å²) in [4.78, 5) is 15.8. The molecule has 124 valence electrons. The van der Waals surface area contributed by atoms with Gasteiger partial charge in [0.15, 0.2) is 0 Å². The van der Waals surface area contributed by atoms with Gasteiger partial charge in [-0.3, -0.25) is 4.79 Å². The van der Waals surface area contributed by atoms with E-state index in [1.165, 1.54) is 9.56 Å². The van der Waals surface area contributed by atoms with Crippen LogP contribution in [0.25, 0.3) is 0 Å². The maximum Gasteiger partial charge on any atom is 0.287 e. The summed E-state index contributed by atoms with van der Waals surface area (Å²) in [5.41, 5.74) is 1.44. The van der Waals surface area contributed by atoms with E-state index in [0.717, 1.165) is 18.7 Å². The van der Waals surface area contributed by atoms with Crippen LogP contribution in [0.3, 0.4) is 0 Å². The molecule has 0 aliphatic heterocycles. The normalized spacial score (nSPS) is 10.8. The molecule has 0 atom stereocenters. The molecule has 0 saturated heterocycles. The Hall–Kier alpha value is -2.11. The fraction of sp³-hybridized carbons (Fsp3) is 0.222. The highest BCUT2D eigenvalue weighted by molar-refractivity contribution is 7.09. The van der Waals surface area contributed by atoms with E-state index in [9.17, 15) is 4.79 Å². The number of nitrogens with zero attached hydrogens (tertiary/aromatic N) is 3. The van der Waals surface area contributed by atoms with Crippen molar-refractivity contribution in [2.75, 3.05) is 11.4 Å². The molecular formula is C18H18ClN3OS. The van der Waals surface area contributed by atoms with Crippen molar-refractivity contribution in [1.29, 1.82) is 0 Å². The topological polar surface area (TPSA) is 38.1 Å². The molecule has 0 N–H and O–H groups in total. The minimum absolute atomic E-state index is 0.222. The number of hydrogen-bond donors (Lipinski definition) is 0. The Morgan fingerprint density at radius 3 is 2.67 bits per heavy atom. The van der Waals surface area contributed by atoms with Crippen LogP contribution in [-0.4, -0.2) is 16.3 Å². The number of thiophene rings is 1. The molecule has 24 heavy (non-hydrogen) atoms. The van der Waals surface area contributed by atoms with Crippen LogP contribution in [0.2, 0.25) is 5.02 Å². The summed E-state index contributed by atoms with van der Waals surface area (Å²) in [5, 5.41) is 6.58. The third kappa shape index (κ3) is 3.68. The van der Waals surface area contributed by atoms with Crippen molar-refractivity contribution in [2.24, 2.45) is 0 Å². The first-order valence-corrected chi connectivity index (χ1v) is 9.01. The van der Waals surface area contributed by atoms with Crippen LogP contribution in [-0.2, 0) is 13.1 Å². The predicted octanol–water partition coefficient (Wildman–Crippen LogP) is 4.03. The van der Waals surface area contributed by atoms with Crippen molar-refractivity contribution in [3.63, 3.8) is 0 Å². The van der Waals surface area contributed by atoms with E-state index in [1.807, 2.05) is 48.7 Å². The molecule has 0 radical (unpaired) electrons. The van der Waals surface area contributed by atoms with Crippen LogP contribution < -0.4 is 10.5 Å². The van der Waals surface area contributed by atoms with Gasteiger partial charge in [0.05, 0.1) is 25.0 Å². The first-order chi connectivity index (χ1) is 11.7.